The molecule has 1 N–H and O–H groups in total. The molecule has 1 unspecified atom stereocenters. The number of thioether (sulfide) groups is 1. The molecule has 0 rings (SSSR count). The van der Waals surface area contributed by atoms with Gasteiger partial charge in [-0.25, -0.2) is 0 Å². The van der Waals surface area contributed by atoms with E-state index in [0.29, 0.717) is 11.3 Å². The van der Waals surface area contributed by atoms with Crippen LogP contribution in [0.15, 0.2) is 12.2 Å². The summed E-state index contributed by atoms with van der Waals surface area (Å²) in [6.45, 7) is 6.80. The molecular weight excluding hydrogens is 148 g/mol. The van der Waals surface area contributed by atoms with Gasteiger partial charge in [-0.05, 0) is 19.4 Å². The Labute approximate surface area is 65.3 Å². The molecule has 0 spiro atoms. The van der Waals surface area contributed by atoms with Crippen molar-refractivity contribution in [2.45, 2.75) is 20.0 Å². The van der Waals surface area contributed by atoms with Gasteiger partial charge in [-0.3, -0.25) is 4.79 Å². The second kappa shape index (κ2) is 4.52. The van der Waals surface area contributed by atoms with Gasteiger partial charge in [-0.15, -0.1) is 0 Å². The Morgan fingerprint density at radius 2 is 2.30 bits per heavy atom. The molecule has 0 heterocycles. The van der Waals surface area contributed by atoms with Crippen molar-refractivity contribution in [2.75, 3.05) is 5.75 Å². The first-order valence-corrected chi connectivity index (χ1v) is 4.03. The van der Waals surface area contributed by atoms with E-state index in [0.717, 1.165) is 11.8 Å². The number of hydrogen-bond donors (Lipinski definition) is 1. The SMILES string of the molecule is C=C(C)C(=O)SCC(C)O. The third-order valence-electron chi connectivity index (χ3n) is 0.804. The summed E-state index contributed by atoms with van der Waals surface area (Å²) in [5, 5.41) is 8.74. The second-order valence-electron chi connectivity index (χ2n) is 2.23. The van der Waals surface area contributed by atoms with Gasteiger partial charge in [0.15, 0.2) is 0 Å². The summed E-state index contributed by atoms with van der Waals surface area (Å²) in [6, 6.07) is 0. The number of rotatable bonds is 3. The Morgan fingerprint density at radius 1 is 1.80 bits per heavy atom. The molecule has 0 radical (unpaired) electrons. The summed E-state index contributed by atoms with van der Waals surface area (Å²) >= 11 is 1.10. The van der Waals surface area contributed by atoms with Gasteiger partial charge in [0, 0.05) is 5.75 Å². The third kappa shape index (κ3) is 4.58. The molecule has 0 aromatic carbocycles. The Bertz CT molecular complexity index is 141. The molecule has 0 bridgehead atoms. The summed E-state index contributed by atoms with van der Waals surface area (Å²) in [7, 11) is 0. The topological polar surface area (TPSA) is 37.3 Å². The van der Waals surface area contributed by atoms with Crippen LogP contribution in [0, 0.1) is 0 Å². The summed E-state index contributed by atoms with van der Waals surface area (Å²) in [4.78, 5) is 10.8. The fourth-order valence-corrected chi connectivity index (χ4v) is 0.958. The van der Waals surface area contributed by atoms with Crippen molar-refractivity contribution in [3.05, 3.63) is 12.2 Å². The molecule has 0 aromatic heterocycles. The first kappa shape index (κ1) is 9.72. The lowest BCUT2D eigenvalue weighted by molar-refractivity contribution is -0.107. The molecule has 0 saturated heterocycles. The molecule has 0 amide bonds. The molecule has 0 aliphatic heterocycles. The maximum Gasteiger partial charge on any atom is 0.214 e. The number of carbonyl (C=O) groups is 1. The van der Waals surface area contributed by atoms with E-state index in [1.54, 1.807) is 13.8 Å². The smallest absolute Gasteiger partial charge is 0.214 e. The van der Waals surface area contributed by atoms with E-state index in [2.05, 4.69) is 6.58 Å². The molecular formula is C7H12O2S. The number of carbonyl (C=O) groups excluding carboxylic acids is 1. The molecule has 0 aliphatic carbocycles. The van der Waals surface area contributed by atoms with Gasteiger partial charge >= 0.3 is 0 Å². The van der Waals surface area contributed by atoms with Crippen LogP contribution >= 0.6 is 11.8 Å². The highest BCUT2D eigenvalue weighted by Gasteiger charge is 2.04. The van der Waals surface area contributed by atoms with Crippen LogP contribution in [0.1, 0.15) is 13.8 Å². The first-order chi connectivity index (χ1) is 4.54. The lowest BCUT2D eigenvalue weighted by Gasteiger charge is -2.01. The fourth-order valence-electron chi connectivity index (χ4n) is 0.319. The van der Waals surface area contributed by atoms with Crippen LogP contribution in [-0.2, 0) is 4.79 Å². The first-order valence-electron chi connectivity index (χ1n) is 3.04. The van der Waals surface area contributed by atoms with E-state index in [4.69, 9.17) is 5.11 Å². The second-order valence-corrected chi connectivity index (χ2v) is 3.22. The van der Waals surface area contributed by atoms with Gasteiger partial charge in [-0.1, -0.05) is 18.3 Å². The third-order valence-corrected chi connectivity index (χ3v) is 2.06. The van der Waals surface area contributed by atoms with Crippen molar-refractivity contribution < 1.29 is 9.90 Å². The van der Waals surface area contributed by atoms with E-state index in [9.17, 15) is 4.79 Å². The van der Waals surface area contributed by atoms with Crippen molar-refractivity contribution in [3.8, 4) is 0 Å². The van der Waals surface area contributed by atoms with Gasteiger partial charge in [0.1, 0.15) is 0 Å². The highest BCUT2D eigenvalue weighted by atomic mass is 32.2. The summed E-state index contributed by atoms with van der Waals surface area (Å²) < 4.78 is 0. The molecule has 10 heavy (non-hydrogen) atoms. The van der Waals surface area contributed by atoms with E-state index in [-0.39, 0.29) is 5.12 Å². The zero-order valence-corrected chi connectivity index (χ0v) is 7.07. The van der Waals surface area contributed by atoms with E-state index < -0.39 is 6.10 Å². The van der Waals surface area contributed by atoms with Crippen LogP contribution in [-0.4, -0.2) is 22.1 Å². The number of aliphatic hydroxyl groups excluding tert-OH is 1. The zero-order chi connectivity index (χ0) is 8.15. The summed E-state index contributed by atoms with van der Waals surface area (Å²) in [6.07, 6.45) is -0.423. The highest BCUT2D eigenvalue weighted by Crippen LogP contribution is 2.09. The minimum atomic E-state index is -0.423. The van der Waals surface area contributed by atoms with Crippen LogP contribution in [0.25, 0.3) is 0 Å². The molecule has 0 fully saturated rings. The van der Waals surface area contributed by atoms with E-state index >= 15 is 0 Å². The Morgan fingerprint density at radius 3 is 2.60 bits per heavy atom. The lowest BCUT2D eigenvalue weighted by Crippen LogP contribution is -2.05. The monoisotopic (exact) mass is 160 g/mol. The average molecular weight is 160 g/mol. The highest BCUT2D eigenvalue weighted by molar-refractivity contribution is 8.14. The van der Waals surface area contributed by atoms with Crippen LogP contribution < -0.4 is 0 Å². The quantitative estimate of drug-likeness (QED) is 0.630. The van der Waals surface area contributed by atoms with Crippen LogP contribution in [0.4, 0.5) is 0 Å². The normalized spacial score (nSPS) is 12.7. The Hall–Kier alpha value is -0.280. The van der Waals surface area contributed by atoms with Crippen LogP contribution in [0.3, 0.4) is 0 Å². The largest absolute Gasteiger partial charge is 0.393 e. The molecule has 58 valence electrons. The fraction of sp³-hybridized carbons (Fsp3) is 0.571. The number of aliphatic hydroxyl groups is 1. The summed E-state index contributed by atoms with van der Waals surface area (Å²) in [5.41, 5.74) is 0.533. The standard InChI is InChI=1S/C7H12O2S/c1-5(2)7(9)10-4-6(3)8/h6,8H,1,4H2,2-3H3. The Kier molecular flexibility index (Phi) is 4.40. The predicted octanol–water partition coefficient (Wildman–Crippen LogP) is 1.20. The molecule has 0 saturated carbocycles. The lowest BCUT2D eigenvalue weighted by atomic mass is 10.4. The summed E-state index contributed by atoms with van der Waals surface area (Å²) in [5.74, 6) is 0.450. The molecule has 0 aromatic rings. The maximum absolute atomic E-state index is 10.8. The zero-order valence-electron chi connectivity index (χ0n) is 6.26. The maximum atomic E-state index is 10.8. The van der Waals surface area contributed by atoms with Gasteiger partial charge in [0.2, 0.25) is 5.12 Å². The molecule has 3 heteroatoms. The van der Waals surface area contributed by atoms with Crippen molar-refractivity contribution in [1.82, 2.24) is 0 Å². The van der Waals surface area contributed by atoms with Gasteiger partial charge in [0.25, 0.3) is 0 Å². The average Bonchev–Trinajstić information content (AvgIpc) is 1.82. The van der Waals surface area contributed by atoms with E-state index in [1.165, 1.54) is 0 Å². The molecule has 0 aliphatic rings. The van der Waals surface area contributed by atoms with Crippen molar-refractivity contribution in [1.29, 1.82) is 0 Å². The molecule has 2 nitrogen and oxygen atoms in total. The van der Waals surface area contributed by atoms with Crippen LogP contribution in [0.5, 0.6) is 0 Å². The van der Waals surface area contributed by atoms with Gasteiger partial charge in [0.05, 0.1) is 6.10 Å². The van der Waals surface area contributed by atoms with Gasteiger partial charge in [-0.2, -0.15) is 0 Å². The van der Waals surface area contributed by atoms with E-state index in [1.807, 2.05) is 0 Å². The molecule has 1 atom stereocenters. The number of hydrogen-bond acceptors (Lipinski definition) is 3. The van der Waals surface area contributed by atoms with Crippen LogP contribution in [0.2, 0.25) is 0 Å². The minimum Gasteiger partial charge on any atom is -0.393 e. The Balaban J connectivity index is 3.50. The van der Waals surface area contributed by atoms with Crippen molar-refractivity contribution in [2.24, 2.45) is 0 Å². The van der Waals surface area contributed by atoms with Crippen molar-refractivity contribution >= 4 is 16.9 Å². The van der Waals surface area contributed by atoms with Crippen molar-refractivity contribution in [3.63, 3.8) is 0 Å². The predicted molar refractivity (Wildman–Crippen MR) is 44.0 cm³/mol. The minimum absolute atomic E-state index is 0.0408. The van der Waals surface area contributed by atoms with Gasteiger partial charge < -0.3 is 5.11 Å².